The summed E-state index contributed by atoms with van der Waals surface area (Å²) in [6.07, 6.45) is 5.34. The number of hydrogen-bond acceptors (Lipinski definition) is 6. The standard InChI is InChI=1S/C27H24N4O4S/c1-30-26(33)24(36-27(30)29-19-9-11-20(34-2)12-10-19)14-18-16-31(23-8-4-3-7-22(18)23)17-25(32)28-15-21-6-5-13-35-21/h3-14,16H,15,17H2,1-2H3,(H,28,32)/b24-14-,29-27?. The average molecular weight is 501 g/mol. The third-order valence-electron chi connectivity index (χ3n) is 5.76. The maximum Gasteiger partial charge on any atom is 0.266 e. The number of aromatic nitrogens is 1. The van der Waals surface area contributed by atoms with E-state index in [1.807, 2.05) is 71.4 Å². The van der Waals surface area contributed by atoms with Crippen molar-refractivity contribution < 1.29 is 18.7 Å². The van der Waals surface area contributed by atoms with Crippen molar-refractivity contribution in [3.8, 4) is 5.75 Å². The Hall–Kier alpha value is -4.24. The molecule has 2 aromatic carbocycles. The lowest BCUT2D eigenvalue weighted by molar-refractivity contribution is -0.122. The molecule has 2 aromatic heterocycles. The minimum absolute atomic E-state index is 0.125. The first-order valence-corrected chi connectivity index (χ1v) is 12.1. The Morgan fingerprint density at radius 3 is 2.69 bits per heavy atom. The summed E-state index contributed by atoms with van der Waals surface area (Å²) in [5, 5.41) is 4.43. The summed E-state index contributed by atoms with van der Waals surface area (Å²) in [6.45, 7) is 0.477. The van der Waals surface area contributed by atoms with Crippen molar-refractivity contribution in [2.45, 2.75) is 13.1 Å². The Morgan fingerprint density at radius 2 is 1.94 bits per heavy atom. The predicted octanol–water partition coefficient (Wildman–Crippen LogP) is 4.79. The number of para-hydroxylation sites is 1. The number of rotatable bonds is 7. The molecular weight excluding hydrogens is 476 g/mol. The molecule has 0 aliphatic carbocycles. The molecule has 2 amide bonds. The van der Waals surface area contributed by atoms with E-state index in [2.05, 4.69) is 10.3 Å². The summed E-state index contributed by atoms with van der Waals surface area (Å²) in [6, 6.07) is 18.8. The zero-order chi connectivity index (χ0) is 25.1. The van der Waals surface area contributed by atoms with Crippen LogP contribution in [0.3, 0.4) is 0 Å². The summed E-state index contributed by atoms with van der Waals surface area (Å²) in [5.74, 6) is 1.18. The molecular formula is C27H24N4O4S. The normalized spacial score (nSPS) is 15.8. The van der Waals surface area contributed by atoms with Gasteiger partial charge in [-0.2, -0.15) is 0 Å². The lowest BCUT2D eigenvalue weighted by atomic mass is 10.1. The van der Waals surface area contributed by atoms with Crippen molar-refractivity contribution in [2.24, 2.45) is 4.99 Å². The first-order valence-electron chi connectivity index (χ1n) is 11.3. The van der Waals surface area contributed by atoms with E-state index >= 15 is 0 Å². The summed E-state index contributed by atoms with van der Waals surface area (Å²) in [7, 11) is 3.33. The number of likely N-dealkylation sites (N-methyl/N-ethyl adjacent to an activating group) is 1. The number of ether oxygens (including phenoxy) is 1. The molecule has 36 heavy (non-hydrogen) atoms. The number of methoxy groups -OCH3 is 1. The van der Waals surface area contributed by atoms with Crippen molar-refractivity contribution in [1.29, 1.82) is 0 Å². The molecule has 182 valence electrons. The Balaban J connectivity index is 1.38. The maximum atomic E-state index is 13.0. The Morgan fingerprint density at radius 1 is 1.14 bits per heavy atom. The number of carbonyl (C=O) groups is 2. The molecule has 1 saturated heterocycles. The maximum absolute atomic E-state index is 13.0. The van der Waals surface area contributed by atoms with E-state index in [0.717, 1.165) is 27.9 Å². The minimum atomic E-state index is -0.133. The van der Waals surface area contributed by atoms with Gasteiger partial charge in [0.2, 0.25) is 5.91 Å². The van der Waals surface area contributed by atoms with Crippen LogP contribution in [0, 0.1) is 0 Å². The molecule has 0 unspecified atom stereocenters. The molecule has 0 saturated carbocycles. The van der Waals surface area contributed by atoms with Gasteiger partial charge in [0.05, 0.1) is 30.5 Å². The van der Waals surface area contributed by atoms with Crippen molar-refractivity contribution in [1.82, 2.24) is 14.8 Å². The largest absolute Gasteiger partial charge is 0.497 e. The van der Waals surface area contributed by atoms with Gasteiger partial charge in [-0.1, -0.05) is 18.2 Å². The number of benzene rings is 2. The SMILES string of the molecule is COc1ccc(N=C2S/C(=C\c3cn(CC(=O)NCc4ccco4)c4ccccc34)C(=O)N2C)cc1. The second-order valence-corrected chi connectivity index (χ2v) is 9.16. The highest BCUT2D eigenvalue weighted by Gasteiger charge is 2.30. The second-order valence-electron chi connectivity index (χ2n) is 8.15. The highest BCUT2D eigenvalue weighted by molar-refractivity contribution is 8.18. The number of amidine groups is 1. The molecule has 3 heterocycles. The van der Waals surface area contributed by atoms with Crippen LogP contribution in [0.1, 0.15) is 11.3 Å². The molecule has 5 rings (SSSR count). The number of hydrogen-bond donors (Lipinski definition) is 1. The number of thioether (sulfide) groups is 1. The van der Waals surface area contributed by atoms with E-state index in [9.17, 15) is 9.59 Å². The van der Waals surface area contributed by atoms with Crippen LogP contribution in [0.2, 0.25) is 0 Å². The third kappa shape index (κ3) is 4.92. The van der Waals surface area contributed by atoms with Crippen molar-refractivity contribution in [3.63, 3.8) is 0 Å². The summed E-state index contributed by atoms with van der Waals surface area (Å²) >= 11 is 1.32. The first kappa shape index (κ1) is 23.5. The molecule has 0 radical (unpaired) electrons. The molecule has 0 spiro atoms. The van der Waals surface area contributed by atoms with Gasteiger partial charge >= 0.3 is 0 Å². The first-order chi connectivity index (χ1) is 17.5. The summed E-state index contributed by atoms with van der Waals surface area (Å²) in [4.78, 5) is 32.3. The topological polar surface area (TPSA) is 89.1 Å². The van der Waals surface area contributed by atoms with E-state index in [1.54, 1.807) is 31.4 Å². The predicted molar refractivity (Wildman–Crippen MR) is 141 cm³/mol. The number of nitrogens with zero attached hydrogens (tertiary/aromatic N) is 3. The van der Waals surface area contributed by atoms with E-state index < -0.39 is 0 Å². The molecule has 9 heteroatoms. The van der Waals surface area contributed by atoms with Gasteiger partial charge < -0.3 is 19.0 Å². The molecule has 1 aliphatic heterocycles. The molecule has 0 atom stereocenters. The van der Waals surface area contributed by atoms with Crippen LogP contribution in [0.4, 0.5) is 5.69 Å². The number of aliphatic imine (C=N–C) groups is 1. The van der Waals surface area contributed by atoms with E-state index in [0.29, 0.717) is 22.4 Å². The number of amides is 2. The molecule has 1 N–H and O–H groups in total. The third-order valence-corrected chi connectivity index (χ3v) is 6.82. The van der Waals surface area contributed by atoms with Crippen LogP contribution in [0.25, 0.3) is 17.0 Å². The molecule has 1 fully saturated rings. The molecule has 1 aliphatic rings. The minimum Gasteiger partial charge on any atom is -0.497 e. The lowest BCUT2D eigenvalue weighted by Gasteiger charge is -2.07. The molecule has 0 bridgehead atoms. The zero-order valence-electron chi connectivity index (χ0n) is 19.8. The van der Waals surface area contributed by atoms with Gasteiger partial charge in [0, 0.05) is 29.7 Å². The highest BCUT2D eigenvalue weighted by atomic mass is 32.2. The van der Waals surface area contributed by atoms with Gasteiger partial charge in [-0.05, 0) is 60.3 Å². The average Bonchev–Trinajstić information content (AvgIpc) is 3.60. The van der Waals surface area contributed by atoms with Crippen molar-refractivity contribution in [3.05, 3.63) is 89.4 Å². The van der Waals surface area contributed by atoms with Gasteiger partial charge in [-0.3, -0.25) is 14.5 Å². The fraction of sp³-hybridized carbons (Fsp3) is 0.148. The van der Waals surface area contributed by atoms with E-state index in [-0.39, 0.29) is 18.4 Å². The van der Waals surface area contributed by atoms with E-state index in [4.69, 9.17) is 9.15 Å². The number of carbonyl (C=O) groups excluding carboxylic acids is 2. The smallest absolute Gasteiger partial charge is 0.266 e. The van der Waals surface area contributed by atoms with Crippen molar-refractivity contribution in [2.75, 3.05) is 14.2 Å². The Labute approximate surface area is 212 Å². The van der Waals surface area contributed by atoms with Crippen LogP contribution in [-0.2, 0) is 22.7 Å². The van der Waals surface area contributed by atoms with Crippen molar-refractivity contribution >= 4 is 51.4 Å². The van der Waals surface area contributed by atoms with Crippen LogP contribution in [0.5, 0.6) is 5.75 Å². The van der Waals surface area contributed by atoms with Gasteiger partial charge in [-0.25, -0.2) is 4.99 Å². The van der Waals surface area contributed by atoms with Crippen LogP contribution < -0.4 is 10.1 Å². The summed E-state index contributed by atoms with van der Waals surface area (Å²) in [5.41, 5.74) is 2.50. The lowest BCUT2D eigenvalue weighted by Crippen LogP contribution is -2.26. The van der Waals surface area contributed by atoms with Gasteiger partial charge in [0.15, 0.2) is 5.17 Å². The molecule has 8 nitrogen and oxygen atoms in total. The zero-order valence-corrected chi connectivity index (χ0v) is 20.6. The Bertz CT molecular complexity index is 1470. The molecule has 4 aromatic rings. The van der Waals surface area contributed by atoms with Crippen LogP contribution in [-0.4, -0.2) is 40.6 Å². The van der Waals surface area contributed by atoms with Gasteiger partial charge in [0.25, 0.3) is 5.91 Å². The summed E-state index contributed by atoms with van der Waals surface area (Å²) < 4.78 is 12.4. The monoisotopic (exact) mass is 500 g/mol. The second kappa shape index (κ2) is 10.2. The quantitative estimate of drug-likeness (QED) is 0.369. The van der Waals surface area contributed by atoms with Crippen LogP contribution in [0.15, 0.2) is 87.4 Å². The number of fused-ring (bicyclic) bond motifs is 1. The van der Waals surface area contributed by atoms with E-state index in [1.165, 1.54) is 11.8 Å². The van der Waals surface area contributed by atoms with Gasteiger partial charge in [0.1, 0.15) is 18.1 Å². The number of nitrogens with one attached hydrogen (secondary N) is 1. The highest BCUT2D eigenvalue weighted by Crippen LogP contribution is 2.35. The van der Waals surface area contributed by atoms with Crippen LogP contribution >= 0.6 is 11.8 Å². The van der Waals surface area contributed by atoms with Gasteiger partial charge in [-0.15, -0.1) is 0 Å². The Kier molecular flexibility index (Phi) is 6.64. The number of furan rings is 1. The fourth-order valence-corrected chi connectivity index (χ4v) is 4.87. The fourth-order valence-electron chi connectivity index (χ4n) is 3.89.